The van der Waals surface area contributed by atoms with Crippen LogP contribution in [0.3, 0.4) is 0 Å². The number of para-hydroxylation sites is 2. The van der Waals surface area contributed by atoms with Crippen LogP contribution >= 0.6 is 0 Å². The molecule has 142 valence electrons. The number of carbonyl (C=O) groups is 2. The molecule has 1 aliphatic heterocycles. The number of ether oxygens (including phenoxy) is 1. The molecule has 2 aromatic carbocycles. The predicted octanol–water partition coefficient (Wildman–Crippen LogP) is 3.67. The summed E-state index contributed by atoms with van der Waals surface area (Å²) in [4.78, 5) is 28.9. The number of furan rings is 1. The largest absolute Gasteiger partial charge is 0.459 e. The third kappa shape index (κ3) is 3.76. The molecule has 1 aliphatic rings. The third-order valence-corrected chi connectivity index (χ3v) is 4.67. The summed E-state index contributed by atoms with van der Waals surface area (Å²) in [6.07, 6.45) is 1.48. The Morgan fingerprint density at radius 3 is 2.07 bits per heavy atom. The molecule has 4 rings (SSSR count). The van der Waals surface area contributed by atoms with Crippen molar-refractivity contribution in [3.63, 3.8) is 0 Å². The first-order valence-corrected chi connectivity index (χ1v) is 9.16. The van der Waals surface area contributed by atoms with Crippen LogP contribution in [0, 0.1) is 0 Å². The second-order valence-electron chi connectivity index (χ2n) is 6.47. The minimum absolute atomic E-state index is 0.100. The second kappa shape index (κ2) is 8.00. The lowest BCUT2D eigenvalue weighted by molar-refractivity contribution is 0.0517. The number of hydrogen-bond donors (Lipinski definition) is 0. The van der Waals surface area contributed by atoms with Gasteiger partial charge in [-0.05, 0) is 36.4 Å². The minimum atomic E-state index is -0.148. The average Bonchev–Trinajstić information content (AvgIpc) is 3.29. The highest BCUT2D eigenvalue weighted by molar-refractivity contribution is 5.97. The summed E-state index contributed by atoms with van der Waals surface area (Å²) < 4.78 is 11.1. The smallest absolute Gasteiger partial charge is 0.289 e. The molecule has 3 aromatic rings. The van der Waals surface area contributed by atoms with Crippen LogP contribution in [0.25, 0.3) is 0 Å². The Balaban J connectivity index is 1.44. The lowest BCUT2D eigenvalue weighted by atomic mass is 10.1. The molecule has 0 spiro atoms. The van der Waals surface area contributed by atoms with Gasteiger partial charge in [0.25, 0.3) is 11.8 Å². The normalized spacial score (nSPS) is 14.0. The molecule has 1 fully saturated rings. The SMILES string of the molecule is O=C(c1ccco1)N1CCN(C(=O)c2ccccc2Oc2ccccc2)CC1. The lowest BCUT2D eigenvalue weighted by Gasteiger charge is -2.34. The van der Waals surface area contributed by atoms with Crippen LogP contribution in [0.4, 0.5) is 0 Å². The highest BCUT2D eigenvalue weighted by Gasteiger charge is 2.27. The number of nitrogens with zero attached hydrogens (tertiary/aromatic N) is 2. The molecule has 0 saturated carbocycles. The van der Waals surface area contributed by atoms with Gasteiger partial charge in [-0.25, -0.2) is 0 Å². The van der Waals surface area contributed by atoms with Crippen LogP contribution in [0.1, 0.15) is 20.9 Å². The van der Waals surface area contributed by atoms with E-state index in [1.54, 1.807) is 34.1 Å². The first kappa shape index (κ1) is 17.9. The summed E-state index contributed by atoms with van der Waals surface area (Å²) in [6.45, 7) is 1.86. The molecule has 0 aliphatic carbocycles. The number of carbonyl (C=O) groups excluding carboxylic acids is 2. The molecule has 6 heteroatoms. The van der Waals surface area contributed by atoms with Gasteiger partial charge in [0.05, 0.1) is 11.8 Å². The Morgan fingerprint density at radius 1 is 0.750 bits per heavy atom. The number of amides is 2. The molecule has 0 N–H and O–H groups in total. The lowest BCUT2D eigenvalue weighted by Crippen LogP contribution is -2.50. The monoisotopic (exact) mass is 376 g/mol. The van der Waals surface area contributed by atoms with Crippen molar-refractivity contribution in [2.75, 3.05) is 26.2 Å². The Labute approximate surface area is 162 Å². The molecule has 1 aromatic heterocycles. The van der Waals surface area contributed by atoms with E-state index in [2.05, 4.69) is 0 Å². The van der Waals surface area contributed by atoms with Gasteiger partial charge in [0.2, 0.25) is 0 Å². The van der Waals surface area contributed by atoms with E-state index in [4.69, 9.17) is 9.15 Å². The van der Waals surface area contributed by atoms with Crippen molar-refractivity contribution in [1.29, 1.82) is 0 Å². The van der Waals surface area contributed by atoms with E-state index in [1.807, 2.05) is 42.5 Å². The fourth-order valence-electron chi connectivity index (χ4n) is 3.19. The minimum Gasteiger partial charge on any atom is -0.459 e. The van der Waals surface area contributed by atoms with Crippen molar-refractivity contribution in [2.45, 2.75) is 0 Å². The van der Waals surface area contributed by atoms with Crippen LogP contribution in [0.5, 0.6) is 11.5 Å². The van der Waals surface area contributed by atoms with Crippen molar-refractivity contribution >= 4 is 11.8 Å². The molecular formula is C22H20N2O4. The summed E-state index contributed by atoms with van der Waals surface area (Å²) in [5.41, 5.74) is 0.511. The van der Waals surface area contributed by atoms with E-state index in [-0.39, 0.29) is 11.8 Å². The van der Waals surface area contributed by atoms with E-state index >= 15 is 0 Å². The number of hydrogen-bond acceptors (Lipinski definition) is 4. The van der Waals surface area contributed by atoms with Crippen LogP contribution in [-0.4, -0.2) is 47.8 Å². The maximum atomic E-state index is 13.0. The van der Waals surface area contributed by atoms with Crippen LogP contribution in [0.2, 0.25) is 0 Å². The number of rotatable bonds is 4. The first-order valence-electron chi connectivity index (χ1n) is 9.16. The molecule has 0 bridgehead atoms. The summed E-state index contributed by atoms with van der Waals surface area (Å²) in [6, 6.07) is 19.9. The second-order valence-corrected chi connectivity index (χ2v) is 6.47. The summed E-state index contributed by atoms with van der Waals surface area (Å²) in [7, 11) is 0. The van der Waals surface area contributed by atoms with Crippen LogP contribution in [-0.2, 0) is 0 Å². The molecule has 0 atom stereocenters. The predicted molar refractivity (Wildman–Crippen MR) is 103 cm³/mol. The molecule has 2 amide bonds. The van der Waals surface area contributed by atoms with Gasteiger partial charge >= 0.3 is 0 Å². The average molecular weight is 376 g/mol. The van der Waals surface area contributed by atoms with Crippen LogP contribution < -0.4 is 4.74 Å². The van der Waals surface area contributed by atoms with Gasteiger partial charge < -0.3 is 19.0 Å². The van der Waals surface area contributed by atoms with Crippen molar-refractivity contribution < 1.29 is 18.7 Å². The molecule has 0 radical (unpaired) electrons. The maximum absolute atomic E-state index is 13.0. The van der Waals surface area contributed by atoms with Gasteiger partial charge in [-0.1, -0.05) is 30.3 Å². The fourth-order valence-corrected chi connectivity index (χ4v) is 3.19. The zero-order chi connectivity index (χ0) is 19.3. The van der Waals surface area contributed by atoms with E-state index in [9.17, 15) is 9.59 Å². The van der Waals surface area contributed by atoms with Gasteiger partial charge in [0, 0.05) is 26.2 Å². The van der Waals surface area contributed by atoms with E-state index in [1.165, 1.54) is 6.26 Å². The van der Waals surface area contributed by atoms with Gasteiger partial charge in [-0.3, -0.25) is 9.59 Å². The highest BCUT2D eigenvalue weighted by Crippen LogP contribution is 2.26. The van der Waals surface area contributed by atoms with E-state index in [0.717, 1.165) is 0 Å². The Hall–Kier alpha value is -3.54. The van der Waals surface area contributed by atoms with Gasteiger partial charge in [-0.15, -0.1) is 0 Å². The number of benzene rings is 2. The summed E-state index contributed by atoms with van der Waals surface area (Å²) in [5, 5.41) is 0. The summed E-state index contributed by atoms with van der Waals surface area (Å²) >= 11 is 0. The first-order chi connectivity index (χ1) is 13.7. The van der Waals surface area contributed by atoms with Gasteiger partial charge in [-0.2, -0.15) is 0 Å². The maximum Gasteiger partial charge on any atom is 0.289 e. The van der Waals surface area contributed by atoms with Crippen molar-refractivity contribution in [3.05, 3.63) is 84.3 Å². The topological polar surface area (TPSA) is 63.0 Å². The Morgan fingerprint density at radius 2 is 1.39 bits per heavy atom. The van der Waals surface area contributed by atoms with Gasteiger partial charge in [0.15, 0.2) is 5.76 Å². The molecule has 28 heavy (non-hydrogen) atoms. The fraction of sp³-hybridized carbons (Fsp3) is 0.182. The molecule has 6 nitrogen and oxygen atoms in total. The van der Waals surface area contributed by atoms with Crippen molar-refractivity contribution in [2.24, 2.45) is 0 Å². The molecular weight excluding hydrogens is 356 g/mol. The van der Waals surface area contributed by atoms with Crippen molar-refractivity contribution in [1.82, 2.24) is 9.80 Å². The van der Waals surface area contributed by atoms with Gasteiger partial charge in [0.1, 0.15) is 11.5 Å². The zero-order valence-electron chi connectivity index (χ0n) is 15.3. The van der Waals surface area contributed by atoms with E-state index in [0.29, 0.717) is 49.0 Å². The third-order valence-electron chi connectivity index (χ3n) is 4.67. The van der Waals surface area contributed by atoms with Crippen LogP contribution in [0.15, 0.2) is 77.4 Å². The number of piperazine rings is 1. The Kier molecular flexibility index (Phi) is 5.10. The molecule has 1 saturated heterocycles. The van der Waals surface area contributed by atoms with E-state index < -0.39 is 0 Å². The highest BCUT2D eigenvalue weighted by atomic mass is 16.5. The zero-order valence-corrected chi connectivity index (χ0v) is 15.3. The van der Waals surface area contributed by atoms with Crippen molar-refractivity contribution in [3.8, 4) is 11.5 Å². The summed E-state index contributed by atoms with van der Waals surface area (Å²) in [5.74, 6) is 1.27. The molecule has 2 heterocycles. The standard InChI is InChI=1S/C22H20N2O4/c25-21(18-9-4-5-10-19(18)28-17-7-2-1-3-8-17)23-12-14-24(15-13-23)22(26)20-11-6-16-27-20/h1-11,16H,12-15H2. The quantitative estimate of drug-likeness (QED) is 0.697. The Bertz CT molecular complexity index is 946. The molecule has 0 unspecified atom stereocenters.